The third-order valence-corrected chi connectivity index (χ3v) is 5.15. The Morgan fingerprint density at radius 1 is 1.03 bits per heavy atom. The lowest BCUT2D eigenvalue weighted by molar-refractivity contribution is -0.153. The Morgan fingerprint density at radius 3 is 2.35 bits per heavy atom. The normalized spacial score (nSPS) is 11.8. The zero-order valence-electron chi connectivity index (χ0n) is 17.0. The van der Waals surface area contributed by atoms with Crippen LogP contribution in [0.1, 0.15) is 13.3 Å². The summed E-state index contributed by atoms with van der Waals surface area (Å²) in [6.07, 6.45) is -3.48. The number of ether oxygens (including phenoxy) is 3. The van der Waals surface area contributed by atoms with Crippen molar-refractivity contribution in [3.63, 3.8) is 0 Å². The van der Waals surface area contributed by atoms with Gasteiger partial charge in [-0.25, -0.2) is 8.42 Å². The maximum Gasteiger partial charge on any atom is 0.422 e. The van der Waals surface area contributed by atoms with Crippen molar-refractivity contribution in [1.82, 2.24) is 10.3 Å². The molecule has 1 heterocycles. The zero-order chi connectivity index (χ0) is 22.9. The van der Waals surface area contributed by atoms with Crippen molar-refractivity contribution in [2.75, 3.05) is 38.1 Å². The molecule has 2 rings (SSSR count). The number of alkyl halides is 3. The summed E-state index contributed by atoms with van der Waals surface area (Å²) in [5.41, 5.74) is 0.0800. The molecular formula is C19H24F3N3O5S. The largest absolute Gasteiger partial charge is 0.484 e. The highest BCUT2D eigenvalue weighted by Gasteiger charge is 2.28. The number of sulfonamides is 1. The Bertz CT molecular complexity index is 938. The Morgan fingerprint density at radius 2 is 1.74 bits per heavy atom. The lowest BCUT2D eigenvalue weighted by Gasteiger charge is -2.13. The molecule has 1 aromatic heterocycles. The van der Waals surface area contributed by atoms with Crippen LogP contribution in [0, 0.1) is 0 Å². The van der Waals surface area contributed by atoms with E-state index in [4.69, 9.17) is 9.47 Å². The standard InChI is InChI=1S/C19H24F3N3O5S/c1-3-10-23-11-12-29-17-9-8-16(18(24-17)28-2)25-31(26,27)15-6-4-14(5-7-15)30-13-19(20,21)22/h4-9,23,25H,3,10-13H2,1-2H3. The molecule has 2 aromatic rings. The Kier molecular flexibility index (Phi) is 8.75. The molecule has 0 atom stereocenters. The molecule has 0 radical (unpaired) electrons. The summed E-state index contributed by atoms with van der Waals surface area (Å²) in [5.74, 6) is 0.169. The first kappa shape index (κ1) is 24.5. The molecule has 0 amide bonds. The van der Waals surface area contributed by atoms with Crippen LogP contribution < -0.4 is 24.2 Å². The van der Waals surface area contributed by atoms with Crippen LogP contribution in [0.15, 0.2) is 41.3 Å². The molecule has 0 saturated heterocycles. The van der Waals surface area contributed by atoms with Crippen LogP contribution in [0.5, 0.6) is 17.5 Å². The Hall–Kier alpha value is -2.73. The molecule has 0 bridgehead atoms. The number of pyridine rings is 1. The van der Waals surface area contributed by atoms with Gasteiger partial charge in [0.2, 0.25) is 11.8 Å². The third kappa shape index (κ3) is 8.13. The van der Waals surface area contributed by atoms with Gasteiger partial charge in [0.25, 0.3) is 10.0 Å². The molecule has 8 nitrogen and oxygen atoms in total. The number of nitrogens with zero attached hydrogens (tertiary/aromatic N) is 1. The van der Waals surface area contributed by atoms with E-state index < -0.39 is 22.8 Å². The molecule has 12 heteroatoms. The van der Waals surface area contributed by atoms with E-state index in [1.54, 1.807) is 0 Å². The molecule has 1 aromatic carbocycles. The fourth-order valence-electron chi connectivity index (χ4n) is 2.35. The minimum absolute atomic E-state index is 0.00715. The van der Waals surface area contributed by atoms with Crippen molar-refractivity contribution in [2.24, 2.45) is 0 Å². The van der Waals surface area contributed by atoms with Crippen molar-refractivity contribution in [1.29, 1.82) is 0 Å². The number of nitrogens with one attached hydrogen (secondary N) is 2. The lowest BCUT2D eigenvalue weighted by Crippen LogP contribution is -2.21. The summed E-state index contributed by atoms with van der Waals surface area (Å²) in [6, 6.07) is 7.48. The molecular weight excluding hydrogens is 439 g/mol. The second-order valence-corrected chi connectivity index (χ2v) is 7.97. The maximum absolute atomic E-state index is 12.6. The summed E-state index contributed by atoms with van der Waals surface area (Å²) in [7, 11) is -2.71. The number of benzene rings is 1. The van der Waals surface area contributed by atoms with E-state index in [-0.39, 0.29) is 28.1 Å². The first-order chi connectivity index (χ1) is 14.6. The Labute approximate surface area is 178 Å². The van der Waals surface area contributed by atoms with Crippen molar-refractivity contribution in [3.05, 3.63) is 36.4 Å². The highest BCUT2D eigenvalue weighted by atomic mass is 32.2. The molecule has 31 heavy (non-hydrogen) atoms. The van der Waals surface area contributed by atoms with E-state index in [1.165, 1.54) is 19.2 Å². The van der Waals surface area contributed by atoms with Crippen molar-refractivity contribution in [2.45, 2.75) is 24.4 Å². The minimum Gasteiger partial charge on any atom is -0.484 e. The SMILES string of the molecule is CCCNCCOc1ccc(NS(=O)(=O)c2ccc(OCC(F)(F)F)cc2)c(OC)n1. The van der Waals surface area contributed by atoms with Crippen LogP contribution in [0.4, 0.5) is 18.9 Å². The third-order valence-electron chi connectivity index (χ3n) is 3.76. The van der Waals surface area contributed by atoms with E-state index in [1.807, 2.05) is 0 Å². The van der Waals surface area contributed by atoms with Gasteiger partial charge in [-0.1, -0.05) is 6.92 Å². The highest BCUT2D eigenvalue weighted by molar-refractivity contribution is 7.92. The van der Waals surface area contributed by atoms with Gasteiger partial charge in [-0.15, -0.1) is 0 Å². The van der Waals surface area contributed by atoms with Gasteiger partial charge in [0, 0.05) is 12.6 Å². The maximum atomic E-state index is 12.6. The highest BCUT2D eigenvalue weighted by Crippen LogP contribution is 2.28. The van der Waals surface area contributed by atoms with Gasteiger partial charge in [-0.3, -0.25) is 4.72 Å². The van der Waals surface area contributed by atoms with Gasteiger partial charge in [0.15, 0.2) is 6.61 Å². The van der Waals surface area contributed by atoms with Gasteiger partial charge >= 0.3 is 6.18 Å². The van der Waals surface area contributed by atoms with E-state index in [2.05, 4.69) is 26.7 Å². The van der Waals surface area contributed by atoms with Gasteiger partial charge < -0.3 is 19.5 Å². The van der Waals surface area contributed by atoms with Crippen LogP contribution in [0.2, 0.25) is 0 Å². The average Bonchev–Trinajstić information content (AvgIpc) is 2.72. The van der Waals surface area contributed by atoms with E-state index >= 15 is 0 Å². The monoisotopic (exact) mass is 463 g/mol. The smallest absolute Gasteiger partial charge is 0.422 e. The van der Waals surface area contributed by atoms with E-state index in [9.17, 15) is 21.6 Å². The van der Waals surface area contributed by atoms with Crippen molar-refractivity contribution >= 4 is 15.7 Å². The predicted molar refractivity (Wildman–Crippen MR) is 108 cm³/mol. The van der Waals surface area contributed by atoms with Crippen LogP contribution in [0.25, 0.3) is 0 Å². The van der Waals surface area contributed by atoms with Crippen molar-refractivity contribution in [3.8, 4) is 17.5 Å². The van der Waals surface area contributed by atoms with E-state index in [0.717, 1.165) is 37.2 Å². The number of halogens is 3. The fraction of sp³-hybridized carbons (Fsp3) is 0.421. The topological polar surface area (TPSA) is 98.8 Å². The van der Waals surface area contributed by atoms with Crippen LogP contribution in [0.3, 0.4) is 0 Å². The zero-order valence-corrected chi connectivity index (χ0v) is 17.8. The van der Waals surface area contributed by atoms with Crippen LogP contribution in [-0.4, -0.2) is 53.0 Å². The molecule has 172 valence electrons. The van der Waals surface area contributed by atoms with Crippen LogP contribution >= 0.6 is 0 Å². The van der Waals surface area contributed by atoms with E-state index in [0.29, 0.717) is 13.2 Å². The first-order valence-corrected chi connectivity index (χ1v) is 10.8. The summed E-state index contributed by atoms with van der Waals surface area (Å²) in [4.78, 5) is 3.95. The number of hydrogen-bond donors (Lipinski definition) is 2. The van der Waals surface area contributed by atoms with Crippen molar-refractivity contribution < 1.29 is 35.8 Å². The summed E-state index contributed by atoms with van der Waals surface area (Å²) >= 11 is 0. The first-order valence-electron chi connectivity index (χ1n) is 9.35. The number of rotatable bonds is 12. The number of anilines is 1. The predicted octanol–water partition coefficient (Wildman–Crippen LogP) is 3.21. The second kappa shape index (κ2) is 11.0. The quantitative estimate of drug-likeness (QED) is 0.467. The minimum atomic E-state index is -4.49. The number of hydrogen-bond acceptors (Lipinski definition) is 7. The molecule has 0 unspecified atom stereocenters. The summed E-state index contributed by atoms with van der Waals surface area (Å²) in [5, 5.41) is 3.17. The molecule has 0 aliphatic heterocycles. The molecule has 2 N–H and O–H groups in total. The summed E-state index contributed by atoms with van der Waals surface area (Å²) < 4.78 is 79.4. The average molecular weight is 463 g/mol. The van der Waals surface area contributed by atoms with Gasteiger partial charge in [0.1, 0.15) is 18.0 Å². The molecule has 0 aliphatic carbocycles. The van der Waals surface area contributed by atoms with Crippen LogP contribution in [-0.2, 0) is 10.0 Å². The fourth-order valence-corrected chi connectivity index (χ4v) is 3.41. The Balaban J connectivity index is 2.04. The number of methoxy groups -OCH3 is 1. The van der Waals surface area contributed by atoms with Gasteiger partial charge in [-0.05, 0) is 43.3 Å². The molecule has 0 saturated carbocycles. The lowest BCUT2D eigenvalue weighted by atomic mass is 10.3. The molecule has 0 fully saturated rings. The second-order valence-electron chi connectivity index (χ2n) is 6.29. The molecule has 0 aliphatic rings. The molecule has 0 spiro atoms. The summed E-state index contributed by atoms with van der Waals surface area (Å²) in [6.45, 7) is 2.47. The van der Waals surface area contributed by atoms with Gasteiger partial charge in [0.05, 0.1) is 12.0 Å². The van der Waals surface area contributed by atoms with Gasteiger partial charge in [-0.2, -0.15) is 18.2 Å². The number of aromatic nitrogens is 1.